The van der Waals surface area contributed by atoms with Crippen molar-refractivity contribution < 1.29 is 23.1 Å². The number of amides is 2. The summed E-state index contributed by atoms with van der Waals surface area (Å²) in [6.07, 6.45) is -4.31. The summed E-state index contributed by atoms with van der Waals surface area (Å²) in [6.45, 7) is 1.66. The molecule has 0 radical (unpaired) electrons. The first-order valence-electron chi connectivity index (χ1n) is 9.90. The Labute approximate surface area is 171 Å². The Bertz CT molecular complexity index is 921. The van der Waals surface area contributed by atoms with E-state index >= 15 is 0 Å². The number of hydrogen-bond donors (Lipinski definition) is 3. The molecular formula is C20H24F3N5O2. The standard InChI is InChI=1S/C20H24F3N5O2/c1-24-19(30)28-10-14-16(11-28)25-26-17(14)18(29)27-8-6-12(7-9-27)13-4-2-3-5-15(13)20(21,22)23/h2-5,12,18,29H,6-11H2,1H3,(H,24,30)(H,25,26). The van der Waals surface area contributed by atoms with Gasteiger partial charge in [-0.05, 0) is 30.4 Å². The van der Waals surface area contributed by atoms with Crippen LogP contribution >= 0.6 is 0 Å². The first kappa shape index (κ1) is 20.7. The topological polar surface area (TPSA) is 84.5 Å². The summed E-state index contributed by atoms with van der Waals surface area (Å²) in [5.74, 6) is -0.208. The number of aliphatic hydroxyl groups excluding tert-OH is 1. The predicted molar refractivity (Wildman–Crippen MR) is 102 cm³/mol. The number of aliphatic hydroxyl groups is 1. The van der Waals surface area contributed by atoms with E-state index in [1.54, 1.807) is 24.1 Å². The molecule has 1 aromatic heterocycles. The van der Waals surface area contributed by atoms with Crippen molar-refractivity contribution in [2.45, 2.75) is 44.3 Å². The van der Waals surface area contributed by atoms with Crippen molar-refractivity contribution >= 4 is 6.03 Å². The Morgan fingerprint density at radius 1 is 1.27 bits per heavy atom. The number of benzene rings is 1. The van der Waals surface area contributed by atoms with Crippen LogP contribution in [0.3, 0.4) is 0 Å². The monoisotopic (exact) mass is 423 g/mol. The quantitative estimate of drug-likeness (QED) is 0.709. The summed E-state index contributed by atoms with van der Waals surface area (Å²) in [5, 5.41) is 20.6. The van der Waals surface area contributed by atoms with Crippen molar-refractivity contribution in [3.05, 3.63) is 52.3 Å². The van der Waals surface area contributed by atoms with Crippen LogP contribution in [0, 0.1) is 0 Å². The summed E-state index contributed by atoms with van der Waals surface area (Å²) in [4.78, 5) is 15.3. The lowest BCUT2D eigenvalue weighted by molar-refractivity contribution is -0.138. The first-order valence-corrected chi connectivity index (χ1v) is 9.90. The van der Waals surface area contributed by atoms with Gasteiger partial charge in [-0.15, -0.1) is 0 Å². The van der Waals surface area contributed by atoms with E-state index < -0.39 is 18.0 Å². The number of carbonyl (C=O) groups is 1. The van der Waals surface area contributed by atoms with Crippen molar-refractivity contribution in [3.63, 3.8) is 0 Å². The molecule has 1 unspecified atom stereocenters. The van der Waals surface area contributed by atoms with Gasteiger partial charge in [-0.1, -0.05) is 18.2 Å². The fourth-order valence-electron chi connectivity index (χ4n) is 4.42. The minimum absolute atomic E-state index is 0.204. The largest absolute Gasteiger partial charge is 0.416 e. The number of hydrogen-bond acceptors (Lipinski definition) is 4. The lowest BCUT2D eigenvalue weighted by Gasteiger charge is -2.35. The maximum atomic E-state index is 13.3. The van der Waals surface area contributed by atoms with Gasteiger partial charge in [0.15, 0.2) is 6.23 Å². The molecule has 0 aliphatic carbocycles. The Morgan fingerprint density at radius 3 is 2.63 bits per heavy atom. The molecule has 2 aromatic rings. The minimum atomic E-state index is -4.38. The van der Waals surface area contributed by atoms with Crippen LogP contribution in [0.15, 0.2) is 24.3 Å². The number of H-pyrrole nitrogens is 1. The van der Waals surface area contributed by atoms with Gasteiger partial charge in [-0.3, -0.25) is 10.00 Å². The van der Waals surface area contributed by atoms with Gasteiger partial charge in [-0.25, -0.2) is 4.79 Å². The summed E-state index contributed by atoms with van der Waals surface area (Å²) in [6, 6.07) is 5.52. The molecule has 1 aromatic carbocycles. The molecule has 3 heterocycles. The number of fused-ring (bicyclic) bond motifs is 1. The Hall–Kier alpha value is -2.59. The van der Waals surface area contributed by atoms with Gasteiger partial charge < -0.3 is 15.3 Å². The number of rotatable bonds is 3. The van der Waals surface area contributed by atoms with Gasteiger partial charge in [0, 0.05) is 25.7 Å². The predicted octanol–water partition coefficient (Wildman–Crippen LogP) is 2.95. The number of nitrogens with zero attached hydrogens (tertiary/aromatic N) is 3. The van der Waals surface area contributed by atoms with Crippen LogP contribution in [0.2, 0.25) is 0 Å². The van der Waals surface area contributed by atoms with E-state index in [0.29, 0.717) is 50.3 Å². The molecule has 1 atom stereocenters. The van der Waals surface area contributed by atoms with Crippen LogP contribution in [0.4, 0.5) is 18.0 Å². The Kier molecular flexibility index (Phi) is 5.46. The minimum Gasteiger partial charge on any atom is -0.372 e. The Balaban J connectivity index is 1.44. The molecule has 0 bridgehead atoms. The maximum absolute atomic E-state index is 13.3. The normalized spacial score (nSPS) is 19.0. The summed E-state index contributed by atoms with van der Waals surface area (Å²) >= 11 is 0. The van der Waals surface area contributed by atoms with Crippen molar-refractivity contribution in [2.75, 3.05) is 20.1 Å². The zero-order valence-corrected chi connectivity index (χ0v) is 16.5. The van der Waals surface area contributed by atoms with E-state index in [9.17, 15) is 23.1 Å². The van der Waals surface area contributed by atoms with Crippen LogP contribution in [0.1, 0.15) is 53.1 Å². The molecular weight excluding hydrogens is 399 g/mol. The second-order valence-electron chi connectivity index (χ2n) is 7.75. The zero-order chi connectivity index (χ0) is 21.5. The number of likely N-dealkylation sites (tertiary alicyclic amines) is 1. The highest BCUT2D eigenvalue weighted by Gasteiger charge is 2.37. The van der Waals surface area contributed by atoms with Crippen molar-refractivity contribution in [1.29, 1.82) is 0 Å². The number of piperidine rings is 1. The van der Waals surface area contributed by atoms with Crippen LogP contribution in [-0.2, 0) is 19.3 Å². The van der Waals surface area contributed by atoms with Crippen molar-refractivity contribution in [1.82, 2.24) is 25.3 Å². The lowest BCUT2D eigenvalue weighted by atomic mass is 9.86. The van der Waals surface area contributed by atoms with Crippen molar-refractivity contribution in [2.24, 2.45) is 0 Å². The molecule has 162 valence electrons. The smallest absolute Gasteiger partial charge is 0.372 e. The SMILES string of the molecule is CNC(=O)N1Cc2[nH]nc(C(O)N3CCC(c4ccccc4C(F)(F)F)CC3)c2C1. The number of alkyl halides is 3. The summed E-state index contributed by atoms with van der Waals surface area (Å²) < 4.78 is 40.0. The number of halogens is 3. The van der Waals surface area contributed by atoms with E-state index in [-0.39, 0.29) is 11.9 Å². The average molecular weight is 423 g/mol. The highest BCUT2D eigenvalue weighted by atomic mass is 19.4. The molecule has 4 rings (SSSR count). The van der Waals surface area contributed by atoms with Crippen LogP contribution < -0.4 is 5.32 Å². The lowest BCUT2D eigenvalue weighted by Crippen LogP contribution is -2.37. The molecule has 30 heavy (non-hydrogen) atoms. The second kappa shape index (κ2) is 7.92. The van der Waals surface area contributed by atoms with Gasteiger partial charge in [0.25, 0.3) is 0 Å². The fraction of sp³-hybridized carbons (Fsp3) is 0.500. The molecule has 1 saturated heterocycles. The average Bonchev–Trinajstić information content (AvgIpc) is 3.33. The first-order chi connectivity index (χ1) is 14.3. The Morgan fingerprint density at radius 2 is 1.97 bits per heavy atom. The molecule has 1 fully saturated rings. The van der Waals surface area contributed by atoms with Gasteiger partial charge >= 0.3 is 12.2 Å². The highest BCUT2D eigenvalue weighted by Crippen LogP contribution is 2.40. The van der Waals surface area contributed by atoms with E-state index in [2.05, 4.69) is 15.5 Å². The number of aromatic nitrogens is 2. The van der Waals surface area contributed by atoms with E-state index in [1.165, 1.54) is 6.07 Å². The van der Waals surface area contributed by atoms with E-state index in [1.807, 2.05) is 4.90 Å². The third-order valence-corrected chi connectivity index (χ3v) is 6.01. The molecule has 3 N–H and O–H groups in total. The molecule has 2 aliphatic heterocycles. The molecule has 0 spiro atoms. The van der Waals surface area contributed by atoms with E-state index in [4.69, 9.17) is 0 Å². The molecule has 2 aliphatic rings. The van der Waals surface area contributed by atoms with Gasteiger partial charge in [0.1, 0.15) is 5.69 Å². The third-order valence-electron chi connectivity index (χ3n) is 6.01. The third kappa shape index (κ3) is 3.77. The van der Waals surface area contributed by atoms with Gasteiger partial charge in [0.05, 0.1) is 24.3 Å². The summed E-state index contributed by atoms with van der Waals surface area (Å²) in [7, 11) is 1.56. The highest BCUT2D eigenvalue weighted by molar-refractivity contribution is 5.74. The van der Waals surface area contributed by atoms with Crippen molar-refractivity contribution in [3.8, 4) is 0 Å². The molecule has 0 saturated carbocycles. The zero-order valence-electron chi connectivity index (χ0n) is 16.5. The number of carbonyl (C=O) groups excluding carboxylic acids is 1. The second-order valence-corrected chi connectivity index (χ2v) is 7.75. The number of nitrogens with one attached hydrogen (secondary N) is 2. The number of urea groups is 1. The fourth-order valence-corrected chi connectivity index (χ4v) is 4.42. The van der Waals surface area contributed by atoms with E-state index in [0.717, 1.165) is 17.3 Å². The molecule has 7 nitrogen and oxygen atoms in total. The van der Waals surface area contributed by atoms with Gasteiger partial charge in [0.2, 0.25) is 0 Å². The maximum Gasteiger partial charge on any atom is 0.416 e. The summed E-state index contributed by atoms with van der Waals surface area (Å²) in [5.41, 5.74) is 1.81. The van der Waals surface area contributed by atoms with Crippen LogP contribution in [0.25, 0.3) is 0 Å². The molecule has 10 heteroatoms. The van der Waals surface area contributed by atoms with Crippen LogP contribution in [-0.4, -0.2) is 51.3 Å². The van der Waals surface area contributed by atoms with Gasteiger partial charge in [-0.2, -0.15) is 18.3 Å². The van der Waals surface area contributed by atoms with Crippen LogP contribution in [0.5, 0.6) is 0 Å². The molecule has 2 amide bonds. The number of aromatic amines is 1.